The number of carbonyl (C=O) groups is 2. The zero-order chi connectivity index (χ0) is 13.8. The van der Waals surface area contributed by atoms with E-state index in [0.29, 0.717) is 0 Å². The summed E-state index contributed by atoms with van der Waals surface area (Å²) in [5.74, 6) is -2.89. The van der Waals surface area contributed by atoms with Crippen molar-refractivity contribution in [2.45, 2.75) is 0 Å². The van der Waals surface area contributed by atoms with Gasteiger partial charge in [0, 0.05) is 11.8 Å². The molecule has 7 nitrogen and oxygen atoms in total. The van der Waals surface area contributed by atoms with Crippen LogP contribution in [-0.4, -0.2) is 30.0 Å². The lowest BCUT2D eigenvalue weighted by Crippen LogP contribution is -2.21. The highest BCUT2D eigenvalue weighted by Crippen LogP contribution is 2.10. The second kappa shape index (κ2) is 5.43. The number of carbonyl (C=O) groups excluding carboxylic acids is 1. The lowest BCUT2D eigenvalue weighted by Gasteiger charge is -2.05. The Bertz CT molecular complexity index is 590. The van der Waals surface area contributed by atoms with Gasteiger partial charge in [-0.25, -0.2) is 4.79 Å². The first-order valence-electron chi connectivity index (χ1n) is 4.59. The van der Waals surface area contributed by atoms with Crippen LogP contribution in [0.3, 0.4) is 0 Å². The molecule has 1 amide bonds. The summed E-state index contributed by atoms with van der Waals surface area (Å²) in [5, 5.41) is 10.6. The van der Waals surface area contributed by atoms with Gasteiger partial charge < -0.3 is 10.4 Å². The number of hydrogen-bond acceptors (Lipinski definition) is 4. The zero-order valence-corrected chi connectivity index (χ0v) is 9.72. The fourth-order valence-corrected chi connectivity index (χ4v) is 1.62. The van der Waals surface area contributed by atoms with Crippen molar-refractivity contribution in [1.82, 2.24) is 0 Å². The summed E-state index contributed by atoms with van der Waals surface area (Å²) in [6.07, 6.45) is 0.119. The molecule has 18 heavy (non-hydrogen) atoms. The number of nitrogens with one attached hydrogen (secondary N) is 1. The van der Waals surface area contributed by atoms with Gasteiger partial charge in [-0.3, -0.25) is 9.35 Å². The highest BCUT2D eigenvalue weighted by Gasteiger charge is 2.24. The Morgan fingerprint density at radius 3 is 2.17 bits per heavy atom. The van der Waals surface area contributed by atoms with E-state index in [9.17, 15) is 18.0 Å². The molecule has 1 aromatic carbocycles. The lowest BCUT2D eigenvalue weighted by atomic mass is 10.3. The molecule has 0 aromatic heterocycles. The molecule has 96 valence electrons. The molecule has 0 saturated heterocycles. The van der Waals surface area contributed by atoms with Gasteiger partial charge in [-0.1, -0.05) is 18.2 Å². The average Bonchev–Trinajstić information content (AvgIpc) is 2.25. The molecule has 0 saturated carbocycles. The van der Waals surface area contributed by atoms with Gasteiger partial charge in [-0.2, -0.15) is 8.42 Å². The number of hydrogen-bond donors (Lipinski definition) is 3. The third-order valence-electron chi connectivity index (χ3n) is 1.79. The second-order valence-corrected chi connectivity index (χ2v) is 4.53. The minimum Gasteiger partial charge on any atom is -0.478 e. The van der Waals surface area contributed by atoms with Crippen LogP contribution < -0.4 is 5.32 Å². The molecule has 0 aliphatic heterocycles. The van der Waals surface area contributed by atoms with Crippen LogP contribution >= 0.6 is 0 Å². The maximum absolute atomic E-state index is 11.5. The lowest BCUT2D eigenvalue weighted by molar-refractivity contribution is -0.131. The van der Waals surface area contributed by atoms with Crippen molar-refractivity contribution in [3.63, 3.8) is 0 Å². The fourth-order valence-electron chi connectivity index (χ4n) is 1.08. The van der Waals surface area contributed by atoms with Crippen LogP contribution in [0.15, 0.2) is 41.3 Å². The van der Waals surface area contributed by atoms with Crippen molar-refractivity contribution in [2.24, 2.45) is 0 Å². The number of carboxylic acids is 1. The third-order valence-corrected chi connectivity index (χ3v) is 2.65. The van der Waals surface area contributed by atoms with Crippen molar-refractivity contribution in [3.05, 3.63) is 41.3 Å². The Morgan fingerprint density at radius 2 is 1.72 bits per heavy atom. The van der Waals surface area contributed by atoms with E-state index in [1.54, 1.807) is 18.2 Å². The smallest absolute Gasteiger partial charge is 0.329 e. The van der Waals surface area contributed by atoms with Gasteiger partial charge in [0.25, 0.3) is 16.0 Å². The summed E-state index contributed by atoms with van der Waals surface area (Å²) in [6, 6.07) is 7.79. The normalized spacial score (nSPS) is 11.9. The van der Waals surface area contributed by atoms with Crippen LogP contribution in [-0.2, 0) is 19.7 Å². The Morgan fingerprint density at radius 1 is 1.17 bits per heavy atom. The van der Waals surface area contributed by atoms with E-state index in [0.717, 1.165) is 0 Å². The maximum atomic E-state index is 11.5. The number of amides is 1. The number of aliphatic carboxylic acids is 1. The molecule has 3 N–H and O–H groups in total. The molecule has 0 aliphatic carbocycles. The Labute approximate surface area is 102 Å². The predicted molar refractivity (Wildman–Crippen MR) is 62.3 cm³/mol. The Hall–Kier alpha value is -2.19. The molecule has 0 heterocycles. The van der Waals surface area contributed by atoms with Crippen molar-refractivity contribution in [3.8, 4) is 0 Å². The van der Waals surface area contributed by atoms with Crippen molar-refractivity contribution < 1.29 is 27.7 Å². The number of anilines is 1. The van der Waals surface area contributed by atoms with Gasteiger partial charge in [0.1, 0.15) is 0 Å². The highest BCUT2D eigenvalue weighted by molar-refractivity contribution is 7.90. The van der Waals surface area contributed by atoms with Gasteiger partial charge in [-0.15, -0.1) is 0 Å². The van der Waals surface area contributed by atoms with E-state index in [1.807, 2.05) is 0 Å². The summed E-state index contributed by atoms with van der Waals surface area (Å²) in [4.78, 5) is 20.7. The first kappa shape index (κ1) is 13.9. The number of benzene rings is 1. The SMILES string of the molecule is O=C(O)/C=C(\C(=O)Nc1ccccc1)S(=O)(=O)O. The summed E-state index contributed by atoms with van der Waals surface area (Å²) < 4.78 is 30.5. The molecule has 1 rings (SSSR count). The van der Waals surface area contributed by atoms with E-state index in [1.165, 1.54) is 12.1 Å². The molecule has 0 aliphatic rings. The van der Waals surface area contributed by atoms with Crippen LogP contribution in [0.2, 0.25) is 0 Å². The van der Waals surface area contributed by atoms with Gasteiger partial charge in [0.05, 0.1) is 0 Å². The summed E-state index contributed by atoms with van der Waals surface area (Å²) in [7, 11) is -4.91. The number of rotatable bonds is 4. The largest absolute Gasteiger partial charge is 0.478 e. The summed E-state index contributed by atoms with van der Waals surface area (Å²) in [6.45, 7) is 0. The maximum Gasteiger partial charge on any atom is 0.329 e. The third kappa shape index (κ3) is 4.00. The molecule has 0 radical (unpaired) electrons. The van der Waals surface area contributed by atoms with E-state index < -0.39 is 26.9 Å². The Balaban J connectivity index is 3.03. The fraction of sp³-hybridized carbons (Fsp3) is 0. The average molecular weight is 271 g/mol. The molecular weight excluding hydrogens is 262 g/mol. The van der Waals surface area contributed by atoms with Crippen molar-refractivity contribution in [1.29, 1.82) is 0 Å². The van der Waals surface area contributed by atoms with Crippen molar-refractivity contribution in [2.75, 3.05) is 5.32 Å². The van der Waals surface area contributed by atoms with Crippen LogP contribution in [0.5, 0.6) is 0 Å². The van der Waals surface area contributed by atoms with Gasteiger partial charge in [0.15, 0.2) is 4.91 Å². The Kier molecular flexibility index (Phi) is 4.18. The standard InChI is InChI=1S/C10H9NO6S/c12-9(13)6-8(18(15,16)17)10(14)11-7-4-2-1-3-5-7/h1-6H,(H,11,14)(H,12,13)(H,15,16,17)/b8-6+. The van der Waals surface area contributed by atoms with E-state index in [-0.39, 0.29) is 11.8 Å². The van der Waals surface area contributed by atoms with Gasteiger partial charge >= 0.3 is 5.97 Å². The molecule has 1 aromatic rings. The zero-order valence-electron chi connectivity index (χ0n) is 8.90. The number of carboxylic acid groups (broad SMARTS) is 1. The van der Waals surface area contributed by atoms with Crippen molar-refractivity contribution >= 4 is 27.7 Å². The second-order valence-electron chi connectivity index (χ2n) is 3.14. The molecule has 0 spiro atoms. The molecule has 0 bridgehead atoms. The predicted octanol–water partition coefficient (Wildman–Crippen LogP) is 0.481. The van der Waals surface area contributed by atoms with E-state index in [2.05, 4.69) is 5.32 Å². The monoisotopic (exact) mass is 271 g/mol. The van der Waals surface area contributed by atoms with Gasteiger partial charge in [0.2, 0.25) is 0 Å². The molecule has 0 unspecified atom stereocenters. The molecule has 0 atom stereocenters. The minimum atomic E-state index is -4.91. The first-order valence-corrected chi connectivity index (χ1v) is 6.03. The summed E-state index contributed by atoms with van der Waals surface area (Å²) >= 11 is 0. The summed E-state index contributed by atoms with van der Waals surface area (Å²) in [5.41, 5.74) is 0.266. The van der Waals surface area contributed by atoms with Crippen LogP contribution in [0, 0.1) is 0 Å². The van der Waals surface area contributed by atoms with Crippen LogP contribution in [0.1, 0.15) is 0 Å². The first-order chi connectivity index (χ1) is 8.30. The molecule has 0 fully saturated rings. The quantitative estimate of drug-likeness (QED) is 0.541. The van der Waals surface area contributed by atoms with Crippen LogP contribution in [0.4, 0.5) is 5.69 Å². The molecule has 8 heteroatoms. The molecular formula is C10H9NO6S. The minimum absolute atomic E-state index is 0.119. The van der Waals surface area contributed by atoms with E-state index in [4.69, 9.17) is 9.66 Å². The highest BCUT2D eigenvalue weighted by atomic mass is 32.2. The van der Waals surface area contributed by atoms with E-state index >= 15 is 0 Å². The number of para-hydroxylation sites is 1. The van der Waals surface area contributed by atoms with Gasteiger partial charge in [-0.05, 0) is 12.1 Å². The van der Waals surface area contributed by atoms with Crippen LogP contribution in [0.25, 0.3) is 0 Å². The topological polar surface area (TPSA) is 121 Å².